The number of nitrogens with one attached hydrogen (secondary N) is 2. The smallest absolute Gasteiger partial charge is 0.319 e. The Balaban J connectivity index is 2.99. The van der Waals surface area contributed by atoms with E-state index in [-0.39, 0.29) is 6.03 Å². The predicted molar refractivity (Wildman–Crippen MR) is 77.8 cm³/mol. The van der Waals surface area contributed by atoms with Gasteiger partial charge in [0.2, 0.25) is 0 Å². The number of carbonyl (C=O) groups is 1. The molecule has 0 aliphatic rings. The molecule has 0 aliphatic carbocycles. The molecule has 0 fully saturated rings. The van der Waals surface area contributed by atoms with Gasteiger partial charge < -0.3 is 21.1 Å². The van der Waals surface area contributed by atoms with Crippen LogP contribution in [-0.4, -0.2) is 26.2 Å². The van der Waals surface area contributed by atoms with Crippen LogP contribution in [0.5, 0.6) is 5.75 Å². The number of carbonyl (C=O) groups excluding carboxylic acids is 1. The zero-order valence-corrected chi connectivity index (χ0v) is 11.8. The number of amides is 2. The van der Waals surface area contributed by atoms with Gasteiger partial charge in [-0.1, -0.05) is 26.0 Å². The average molecular weight is 265 g/mol. The van der Waals surface area contributed by atoms with E-state index in [4.69, 9.17) is 10.5 Å². The third-order valence-corrected chi connectivity index (χ3v) is 2.75. The Morgan fingerprint density at radius 2 is 2.16 bits per heavy atom. The van der Waals surface area contributed by atoms with Gasteiger partial charge in [-0.05, 0) is 30.5 Å². The van der Waals surface area contributed by atoms with Crippen LogP contribution in [0, 0.1) is 0 Å². The first-order valence-electron chi connectivity index (χ1n) is 6.54. The highest BCUT2D eigenvalue weighted by Gasteiger charge is 2.14. The highest BCUT2D eigenvalue weighted by atomic mass is 16.5. The second kappa shape index (κ2) is 7.63. The molecular formula is C14H23N3O2. The average Bonchev–Trinajstić information content (AvgIpc) is 2.40. The second-order valence-corrected chi connectivity index (χ2v) is 4.57. The molecule has 0 spiro atoms. The van der Waals surface area contributed by atoms with Gasteiger partial charge in [0.05, 0.1) is 12.3 Å². The molecule has 5 heteroatoms. The van der Waals surface area contributed by atoms with Crippen LogP contribution in [-0.2, 0) is 0 Å². The fourth-order valence-corrected chi connectivity index (χ4v) is 1.72. The topological polar surface area (TPSA) is 76.4 Å². The zero-order valence-electron chi connectivity index (χ0n) is 11.8. The maximum absolute atomic E-state index is 11.5. The number of urea groups is 1. The van der Waals surface area contributed by atoms with Crippen LogP contribution < -0.4 is 21.1 Å². The minimum atomic E-state index is -0.253. The lowest BCUT2D eigenvalue weighted by Crippen LogP contribution is -2.25. The molecule has 19 heavy (non-hydrogen) atoms. The van der Waals surface area contributed by atoms with Gasteiger partial charge in [0.1, 0.15) is 5.75 Å². The quantitative estimate of drug-likeness (QED) is 0.691. The third-order valence-electron chi connectivity index (χ3n) is 2.75. The van der Waals surface area contributed by atoms with Crippen LogP contribution in [0.25, 0.3) is 0 Å². The fraction of sp³-hybridized carbons (Fsp3) is 0.500. The van der Waals surface area contributed by atoms with Gasteiger partial charge in [0, 0.05) is 7.05 Å². The Kier molecular flexibility index (Phi) is 6.15. The van der Waals surface area contributed by atoms with Crippen molar-refractivity contribution in [2.75, 3.05) is 25.5 Å². The number of nitrogens with two attached hydrogens (primary N) is 1. The Morgan fingerprint density at radius 1 is 1.42 bits per heavy atom. The van der Waals surface area contributed by atoms with Crippen LogP contribution in [0.2, 0.25) is 0 Å². The van der Waals surface area contributed by atoms with E-state index in [1.165, 1.54) is 0 Å². The molecular weight excluding hydrogens is 242 g/mol. The van der Waals surface area contributed by atoms with E-state index in [0.29, 0.717) is 24.8 Å². The summed E-state index contributed by atoms with van der Waals surface area (Å²) < 4.78 is 5.69. The summed E-state index contributed by atoms with van der Waals surface area (Å²) in [6.45, 7) is 5.28. The Labute approximate surface area is 114 Å². The number of hydrogen-bond donors (Lipinski definition) is 3. The van der Waals surface area contributed by atoms with Gasteiger partial charge >= 0.3 is 6.03 Å². The highest BCUT2D eigenvalue weighted by Crippen LogP contribution is 2.33. The minimum Gasteiger partial charge on any atom is -0.491 e. The van der Waals surface area contributed by atoms with Crippen LogP contribution in [0.15, 0.2) is 18.2 Å². The largest absolute Gasteiger partial charge is 0.491 e. The molecule has 1 rings (SSSR count). The maximum atomic E-state index is 11.5. The van der Waals surface area contributed by atoms with Gasteiger partial charge in [-0.2, -0.15) is 0 Å². The van der Waals surface area contributed by atoms with Gasteiger partial charge in [-0.15, -0.1) is 0 Å². The van der Waals surface area contributed by atoms with E-state index >= 15 is 0 Å². The van der Waals surface area contributed by atoms with E-state index in [2.05, 4.69) is 24.5 Å². The van der Waals surface area contributed by atoms with E-state index in [1.807, 2.05) is 18.2 Å². The van der Waals surface area contributed by atoms with Crippen LogP contribution >= 0.6 is 0 Å². The van der Waals surface area contributed by atoms with Crippen molar-refractivity contribution in [3.8, 4) is 5.75 Å². The summed E-state index contributed by atoms with van der Waals surface area (Å²) in [7, 11) is 1.59. The van der Waals surface area contributed by atoms with E-state index in [1.54, 1.807) is 7.05 Å². The van der Waals surface area contributed by atoms with Gasteiger partial charge in [-0.3, -0.25) is 0 Å². The van der Waals surface area contributed by atoms with Crippen LogP contribution in [0.1, 0.15) is 31.7 Å². The first-order valence-corrected chi connectivity index (χ1v) is 6.54. The summed E-state index contributed by atoms with van der Waals surface area (Å²) in [5.74, 6) is 0.980. The Hall–Kier alpha value is -1.75. The molecule has 5 nitrogen and oxygen atoms in total. The number of para-hydroxylation sites is 1. The highest BCUT2D eigenvalue weighted by molar-refractivity contribution is 5.91. The van der Waals surface area contributed by atoms with E-state index < -0.39 is 0 Å². The first kappa shape index (κ1) is 15.3. The predicted octanol–water partition coefficient (Wildman–Crippen LogP) is 2.29. The third kappa shape index (κ3) is 4.44. The lowest BCUT2D eigenvalue weighted by Gasteiger charge is -2.18. The van der Waals surface area contributed by atoms with E-state index in [0.717, 1.165) is 17.7 Å². The SMILES string of the molecule is CNC(=O)Nc1c(OCCCN)cccc1C(C)C. The number of benzene rings is 1. The number of rotatable bonds is 6. The number of anilines is 1. The summed E-state index contributed by atoms with van der Waals surface area (Å²) in [5, 5.41) is 5.38. The van der Waals surface area contributed by atoms with Crippen molar-refractivity contribution < 1.29 is 9.53 Å². The lowest BCUT2D eigenvalue weighted by atomic mass is 10.0. The molecule has 0 saturated carbocycles. The standard InChI is InChI=1S/C14H23N3O2/c1-10(2)11-6-4-7-12(19-9-5-8-15)13(11)17-14(18)16-3/h4,6-7,10H,5,8-9,15H2,1-3H3,(H2,16,17,18). The molecule has 106 valence electrons. The molecule has 0 aromatic heterocycles. The molecule has 4 N–H and O–H groups in total. The molecule has 0 atom stereocenters. The first-order chi connectivity index (χ1) is 9.10. The summed E-state index contributed by atoms with van der Waals surface area (Å²) in [6, 6.07) is 5.53. The number of ether oxygens (including phenoxy) is 1. The monoisotopic (exact) mass is 265 g/mol. The fourth-order valence-electron chi connectivity index (χ4n) is 1.72. The maximum Gasteiger partial charge on any atom is 0.319 e. The molecule has 0 heterocycles. The molecule has 0 unspecified atom stereocenters. The molecule has 0 bridgehead atoms. The summed E-state index contributed by atoms with van der Waals surface area (Å²) in [5.41, 5.74) is 7.23. The van der Waals surface area contributed by atoms with Crippen molar-refractivity contribution >= 4 is 11.7 Å². The molecule has 0 radical (unpaired) electrons. The molecule has 1 aromatic carbocycles. The molecule has 0 saturated heterocycles. The van der Waals surface area contributed by atoms with Gasteiger partial charge in [-0.25, -0.2) is 4.79 Å². The summed E-state index contributed by atoms with van der Waals surface area (Å²) in [4.78, 5) is 11.5. The van der Waals surface area contributed by atoms with E-state index in [9.17, 15) is 4.79 Å². The molecule has 1 aromatic rings. The van der Waals surface area contributed by atoms with Crippen molar-refractivity contribution in [1.29, 1.82) is 0 Å². The van der Waals surface area contributed by atoms with Crippen molar-refractivity contribution in [3.63, 3.8) is 0 Å². The Morgan fingerprint density at radius 3 is 2.74 bits per heavy atom. The minimum absolute atomic E-state index is 0.253. The lowest BCUT2D eigenvalue weighted by molar-refractivity contribution is 0.253. The summed E-state index contributed by atoms with van der Waals surface area (Å²) >= 11 is 0. The molecule has 2 amide bonds. The van der Waals surface area contributed by atoms with Crippen molar-refractivity contribution in [3.05, 3.63) is 23.8 Å². The van der Waals surface area contributed by atoms with Crippen LogP contribution in [0.4, 0.5) is 10.5 Å². The van der Waals surface area contributed by atoms with Crippen molar-refractivity contribution in [2.45, 2.75) is 26.2 Å². The van der Waals surface area contributed by atoms with Gasteiger partial charge in [0.25, 0.3) is 0 Å². The van der Waals surface area contributed by atoms with Crippen molar-refractivity contribution in [2.24, 2.45) is 5.73 Å². The van der Waals surface area contributed by atoms with Gasteiger partial charge in [0.15, 0.2) is 0 Å². The Bertz CT molecular complexity index is 419. The summed E-state index contributed by atoms with van der Waals surface area (Å²) in [6.07, 6.45) is 0.783. The normalized spacial score (nSPS) is 10.4. The second-order valence-electron chi connectivity index (χ2n) is 4.57. The molecule has 0 aliphatic heterocycles. The van der Waals surface area contributed by atoms with Crippen LogP contribution in [0.3, 0.4) is 0 Å². The number of hydrogen-bond acceptors (Lipinski definition) is 3. The van der Waals surface area contributed by atoms with Crippen molar-refractivity contribution in [1.82, 2.24) is 5.32 Å². The zero-order chi connectivity index (χ0) is 14.3.